The normalized spacial score (nSPS) is 12.8. The largest absolute Gasteiger partial charge is 0.458 e. The highest BCUT2D eigenvalue weighted by molar-refractivity contribution is 7.90. The molecule has 0 fully saturated rings. The van der Waals surface area contributed by atoms with E-state index in [0.717, 1.165) is 5.56 Å². The molecule has 1 rings (SSSR count). The number of hydrogen-bond donors (Lipinski definition) is 1. The van der Waals surface area contributed by atoms with Gasteiger partial charge in [-0.05, 0) is 37.1 Å². The monoisotopic (exact) mass is 369 g/mol. The van der Waals surface area contributed by atoms with Gasteiger partial charge in [0.15, 0.2) is 0 Å². The first-order valence-corrected chi connectivity index (χ1v) is 9.20. The maximum atomic E-state index is 12.0. The van der Waals surface area contributed by atoms with Crippen molar-refractivity contribution in [1.82, 2.24) is 4.72 Å². The second kappa shape index (κ2) is 9.22. The highest BCUT2D eigenvalue weighted by Gasteiger charge is 2.18. The molecule has 0 saturated heterocycles. The molecule has 1 N–H and O–H groups in total. The van der Waals surface area contributed by atoms with Gasteiger partial charge in [-0.1, -0.05) is 31.5 Å². The number of aryl methyl sites for hydroxylation is 1. The van der Waals surface area contributed by atoms with E-state index in [1.54, 1.807) is 18.2 Å². The maximum Gasteiger partial charge on any atom is 0.421 e. The Morgan fingerprint density at radius 2 is 1.80 bits per heavy atom. The predicted octanol–water partition coefficient (Wildman–Crippen LogP) is 2.55. The van der Waals surface area contributed by atoms with Crippen LogP contribution in [0.5, 0.6) is 0 Å². The first kappa shape index (κ1) is 20.7. The summed E-state index contributed by atoms with van der Waals surface area (Å²) in [4.78, 5) is 22.6. The highest BCUT2D eigenvalue weighted by atomic mass is 32.2. The van der Waals surface area contributed by atoms with Gasteiger partial charge in [0.2, 0.25) is 0 Å². The molecule has 7 nitrogen and oxygen atoms in total. The van der Waals surface area contributed by atoms with Gasteiger partial charge >= 0.3 is 12.1 Å². The average molecular weight is 369 g/mol. The minimum atomic E-state index is -3.98. The second-order valence-corrected chi connectivity index (χ2v) is 7.45. The minimum Gasteiger partial charge on any atom is -0.458 e. The molecule has 0 aromatic heterocycles. The van der Waals surface area contributed by atoms with Crippen LogP contribution in [-0.4, -0.2) is 33.2 Å². The first-order valence-electron chi connectivity index (χ1n) is 7.72. The molecule has 0 radical (unpaired) electrons. The van der Waals surface area contributed by atoms with E-state index in [4.69, 9.17) is 9.47 Å². The van der Waals surface area contributed by atoms with Gasteiger partial charge in [0.05, 0.1) is 4.90 Å². The molecule has 0 spiro atoms. The summed E-state index contributed by atoms with van der Waals surface area (Å²) in [6.07, 6.45) is 1.55. The smallest absolute Gasteiger partial charge is 0.421 e. The van der Waals surface area contributed by atoms with Crippen molar-refractivity contribution in [2.24, 2.45) is 5.92 Å². The third kappa shape index (κ3) is 7.38. The molecule has 0 heterocycles. The van der Waals surface area contributed by atoms with E-state index >= 15 is 0 Å². The summed E-state index contributed by atoms with van der Waals surface area (Å²) in [5, 5.41) is 0. The van der Waals surface area contributed by atoms with Crippen LogP contribution in [0.25, 0.3) is 0 Å². The first-order chi connectivity index (χ1) is 11.6. The van der Waals surface area contributed by atoms with Gasteiger partial charge in [0, 0.05) is 6.92 Å². The fourth-order valence-electron chi connectivity index (χ4n) is 1.82. The molecular weight excluding hydrogens is 346 g/mol. The van der Waals surface area contributed by atoms with Gasteiger partial charge < -0.3 is 9.47 Å². The lowest BCUT2D eigenvalue weighted by Gasteiger charge is -2.16. The molecule has 0 aliphatic carbocycles. The number of benzene rings is 1. The van der Waals surface area contributed by atoms with Crippen LogP contribution in [0, 0.1) is 12.8 Å². The Morgan fingerprint density at radius 1 is 1.20 bits per heavy atom. The summed E-state index contributed by atoms with van der Waals surface area (Å²) in [6, 6.07) is 6.06. The van der Waals surface area contributed by atoms with Crippen LogP contribution >= 0.6 is 0 Å². The van der Waals surface area contributed by atoms with Crippen molar-refractivity contribution in [1.29, 1.82) is 0 Å². The van der Waals surface area contributed by atoms with E-state index in [1.807, 2.05) is 25.5 Å². The molecule has 25 heavy (non-hydrogen) atoms. The second-order valence-electron chi connectivity index (χ2n) is 5.76. The van der Waals surface area contributed by atoms with Crippen LogP contribution in [0.1, 0.15) is 26.3 Å². The minimum absolute atomic E-state index is 0.0275. The lowest BCUT2D eigenvalue weighted by molar-refractivity contribution is -0.145. The summed E-state index contributed by atoms with van der Waals surface area (Å²) in [7, 11) is -3.98. The number of hydrogen-bond acceptors (Lipinski definition) is 6. The van der Waals surface area contributed by atoms with E-state index in [9.17, 15) is 18.0 Å². The van der Waals surface area contributed by atoms with Gasteiger partial charge in [-0.3, -0.25) is 4.79 Å². The predicted molar refractivity (Wildman–Crippen MR) is 92.4 cm³/mol. The van der Waals surface area contributed by atoms with Crippen molar-refractivity contribution in [3.05, 3.63) is 42.0 Å². The molecule has 0 unspecified atom stereocenters. The van der Waals surface area contributed by atoms with Crippen molar-refractivity contribution in [2.75, 3.05) is 6.61 Å². The van der Waals surface area contributed by atoms with E-state index in [0.29, 0.717) is 0 Å². The Morgan fingerprint density at radius 3 is 2.32 bits per heavy atom. The van der Waals surface area contributed by atoms with Crippen LogP contribution in [-0.2, 0) is 24.3 Å². The Balaban J connectivity index is 2.55. The highest BCUT2D eigenvalue weighted by Crippen LogP contribution is 2.10. The SMILES string of the molecule is CC(=O)O[C@H](/C=C\COC(=O)NS(=O)(=O)c1ccc(C)cc1)C(C)C. The Bertz CT molecular complexity index is 722. The molecule has 138 valence electrons. The van der Waals surface area contributed by atoms with Crippen LogP contribution in [0.4, 0.5) is 4.79 Å². The number of sulfonamides is 1. The molecule has 0 bridgehead atoms. The zero-order valence-corrected chi connectivity index (χ0v) is 15.5. The quantitative estimate of drug-likeness (QED) is 0.586. The molecule has 0 aliphatic heterocycles. The van der Waals surface area contributed by atoms with Crippen LogP contribution in [0.2, 0.25) is 0 Å². The van der Waals surface area contributed by atoms with Crippen molar-refractivity contribution >= 4 is 22.1 Å². The Hall–Kier alpha value is -2.35. The number of amides is 1. The van der Waals surface area contributed by atoms with E-state index in [-0.39, 0.29) is 17.4 Å². The number of rotatable bonds is 7. The van der Waals surface area contributed by atoms with Crippen molar-refractivity contribution in [3.8, 4) is 0 Å². The molecule has 1 amide bonds. The molecular formula is C17H23NO6S. The lowest BCUT2D eigenvalue weighted by Crippen LogP contribution is -2.31. The van der Waals surface area contributed by atoms with Crippen LogP contribution in [0.3, 0.4) is 0 Å². The third-order valence-corrected chi connectivity index (χ3v) is 4.47. The summed E-state index contributed by atoms with van der Waals surface area (Å²) in [6.45, 7) is 6.73. The van der Waals surface area contributed by atoms with Crippen LogP contribution in [0.15, 0.2) is 41.3 Å². The summed E-state index contributed by atoms with van der Waals surface area (Å²) < 4.78 is 35.8. The molecule has 1 atom stereocenters. The average Bonchev–Trinajstić information content (AvgIpc) is 2.49. The van der Waals surface area contributed by atoms with Crippen LogP contribution < -0.4 is 4.72 Å². The Kier molecular flexibility index (Phi) is 7.63. The summed E-state index contributed by atoms with van der Waals surface area (Å²) in [5.74, 6) is -0.359. The van der Waals surface area contributed by atoms with Gasteiger partial charge in [-0.15, -0.1) is 0 Å². The molecule has 0 saturated carbocycles. The Labute approximate surface area is 148 Å². The van der Waals surface area contributed by atoms with Crippen molar-refractivity contribution < 1.29 is 27.5 Å². The molecule has 1 aromatic carbocycles. The third-order valence-electron chi connectivity index (χ3n) is 3.14. The van der Waals surface area contributed by atoms with E-state index in [1.165, 1.54) is 25.1 Å². The van der Waals surface area contributed by atoms with Gasteiger partial charge in [-0.2, -0.15) is 0 Å². The van der Waals surface area contributed by atoms with Gasteiger partial charge in [-0.25, -0.2) is 17.9 Å². The molecule has 0 aliphatic rings. The standard InChI is InChI=1S/C17H23NO6S/c1-12(2)16(24-14(4)19)6-5-11-23-17(20)18-25(21,22)15-9-7-13(3)8-10-15/h5-10,12,16H,11H2,1-4H3,(H,18,20)/b6-5-/t16-/m1/s1. The fourth-order valence-corrected chi connectivity index (χ4v) is 2.71. The van der Waals surface area contributed by atoms with Crippen molar-refractivity contribution in [3.63, 3.8) is 0 Å². The van der Waals surface area contributed by atoms with Crippen molar-refractivity contribution in [2.45, 2.75) is 38.7 Å². The summed E-state index contributed by atoms with van der Waals surface area (Å²) in [5.41, 5.74) is 0.902. The van der Waals surface area contributed by atoms with Gasteiger partial charge in [0.1, 0.15) is 12.7 Å². The van der Waals surface area contributed by atoms with E-state index < -0.39 is 28.2 Å². The fraction of sp³-hybridized carbons (Fsp3) is 0.412. The number of carbonyl (C=O) groups is 2. The maximum absolute atomic E-state index is 12.0. The zero-order chi connectivity index (χ0) is 19.0. The number of nitrogens with one attached hydrogen (secondary N) is 1. The lowest BCUT2D eigenvalue weighted by atomic mass is 10.1. The van der Waals surface area contributed by atoms with Gasteiger partial charge in [0.25, 0.3) is 10.0 Å². The molecule has 8 heteroatoms. The number of ether oxygens (including phenoxy) is 2. The topological polar surface area (TPSA) is 98.8 Å². The number of esters is 1. The zero-order valence-electron chi connectivity index (χ0n) is 14.7. The number of carbonyl (C=O) groups excluding carboxylic acids is 2. The molecule has 1 aromatic rings. The summed E-state index contributed by atoms with van der Waals surface area (Å²) >= 11 is 0. The van der Waals surface area contributed by atoms with E-state index in [2.05, 4.69) is 0 Å².